The van der Waals surface area contributed by atoms with Crippen molar-refractivity contribution < 1.29 is 14.3 Å². The molecule has 3 rings (SSSR count). The minimum absolute atomic E-state index is 0.0399. The SMILES string of the molecule is COc1ccc([C@@H](NC(=O)CN(C)CCOc2ccccc2)c2ccccc2)cc1. The molecule has 5 heteroatoms. The molecule has 0 saturated carbocycles. The Balaban J connectivity index is 1.58. The first-order valence-electron chi connectivity index (χ1n) is 10.0. The van der Waals surface area contributed by atoms with E-state index in [1.807, 2.05) is 96.9 Å². The zero-order chi connectivity index (χ0) is 21.2. The fourth-order valence-corrected chi connectivity index (χ4v) is 3.17. The second-order valence-electron chi connectivity index (χ2n) is 7.08. The molecule has 0 aliphatic rings. The number of methoxy groups -OCH3 is 1. The van der Waals surface area contributed by atoms with E-state index < -0.39 is 0 Å². The third kappa shape index (κ3) is 6.36. The van der Waals surface area contributed by atoms with Gasteiger partial charge in [-0.2, -0.15) is 0 Å². The normalized spacial score (nSPS) is 11.7. The third-order valence-corrected chi connectivity index (χ3v) is 4.79. The van der Waals surface area contributed by atoms with Gasteiger partial charge in [-0.15, -0.1) is 0 Å². The highest BCUT2D eigenvalue weighted by molar-refractivity contribution is 5.79. The number of nitrogens with zero attached hydrogens (tertiary/aromatic N) is 1. The van der Waals surface area contributed by atoms with Gasteiger partial charge in [-0.1, -0.05) is 60.7 Å². The molecule has 0 aliphatic heterocycles. The van der Waals surface area contributed by atoms with E-state index >= 15 is 0 Å². The van der Waals surface area contributed by atoms with Crippen molar-refractivity contribution in [3.63, 3.8) is 0 Å². The summed E-state index contributed by atoms with van der Waals surface area (Å²) in [7, 11) is 3.56. The molecule has 0 fully saturated rings. The average molecular weight is 405 g/mol. The Kier molecular flexibility index (Phi) is 7.86. The van der Waals surface area contributed by atoms with Gasteiger partial charge in [0.1, 0.15) is 18.1 Å². The van der Waals surface area contributed by atoms with Crippen LogP contribution in [0, 0.1) is 0 Å². The summed E-state index contributed by atoms with van der Waals surface area (Å²) in [6.45, 7) is 1.47. The van der Waals surface area contributed by atoms with Crippen LogP contribution in [0.3, 0.4) is 0 Å². The fraction of sp³-hybridized carbons (Fsp3) is 0.240. The lowest BCUT2D eigenvalue weighted by atomic mass is 9.98. The Morgan fingerprint density at radius 1 is 0.867 bits per heavy atom. The molecule has 1 N–H and O–H groups in total. The maximum Gasteiger partial charge on any atom is 0.234 e. The molecule has 1 atom stereocenters. The maximum absolute atomic E-state index is 12.7. The van der Waals surface area contributed by atoms with Crippen LogP contribution in [0.1, 0.15) is 17.2 Å². The van der Waals surface area contributed by atoms with Crippen molar-refractivity contribution in [3.05, 3.63) is 96.1 Å². The number of rotatable bonds is 10. The number of hydrogen-bond acceptors (Lipinski definition) is 4. The van der Waals surface area contributed by atoms with Crippen LogP contribution in [0.2, 0.25) is 0 Å². The number of benzene rings is 3. The number of carbonyl (C=O) groups is 1. The number of amides is 1. The van der Waals surface area contributed by atoms with Crippen molar-refractivity contribution in [2.24, 2.45) is 0 Å². The first kappa shape index (κ1) is 21.4. The van der Waals surface area contributed by atoms with Crippen LogP contribution in [0.4, 0.5) is 0 Å². The second-order valence-corrected chi connectivity index (χ2v) is 7.08. The first-order valence-corrected chi connectivity index (χ1v) is 10.0. The third-order valence-electron chi connectivity index (χ3n) is 4.79. The van der Waals surface area contributed by atoms with Gasteiger partial charge >= 0.3 is 0 Å². The minimum atomic E-state index is -0.224. The fourth-order valence-electron chi connectivity index (χ4n) is 3.17. The van der Waals surface area contributed by atoms with Crippen LogP contribution in [-0.4, -0.2) is 44.7 Å². The first-order chi connectivity index (χ1) is 14.7. The molecule has 0 spiro atoms. The van der Waals surface area contributed by atoms with E-state index in [4.69, 9.17) is 9.47 Å². The van der Waals surface area contributed by atoms with Gasteiger partial charge in [0.15, 0.2) is 0 Å². The number of para-hydroxylation sites is 1. The smallest absolute Gasteiger partial charge is 0.234 e. The molecule has 0 aromatic heterocycles. The zero-order valence-corrected chi connectivity index (χ0v) is 17.5. The molecule has 0 aliphatic carbocycles. The highest BCUT2D eigenvalue weighted by atomic mass is 16.5. The van der Waals surface area contributed by atoms with Crippen molar-refractivity contribution in [2.45, 2.75) is 6.04 Å². The lowest BCUT2D eigenvalue weighted by Crippen LogP contribution is -2.39. The van der Waals surface area contributed by atoms with E-state index in [2.05, 4.69) is 5.32 Å². The van der Waals surface area contributed by atoms with E-state index in [9.17, 15) is 4.79 Å². The maximum atomic E-state index is 12.7. The predicted octanol–water partition coefficient (Wildman–Crippen LogP) is 3.91. The Bertz CT molecular complexity index is 899. The van der Waals surface area contributed by atoms with Crippen molar-refractivity contribution in [2.75, 3.05) is 33.9 Å². The van der Waals surface area contributed by atoms with Crippen molar-refractivity contribution >= 4 is 5.91 Å². The minimum Gasteiger partial charge on any atom is -0.497 e. The van der Waals surface area contributed by atoms with Crippen LogP contribution in [0.25, 0.3) is 0 Å². The summed E-state index contributed by atoms with van der Waals surface area (Å²) in [5, 5.41) is 3.16. The van der Waals surface area contributed by atoms with E-state index in [0.29, 0.717) is 13.2 Å². The highest BCUT2D eigenvalue weighted by Crippen LogP contribution is 2.24. The lowest BCUT2D eigenvalue weighted by Gasteiger charge is -2.22. The van der Waals surface area contributed by atoms with Gasteiger partial charge in [0.2, 0.25) is 5.91 Å². The summed E-state index contributed by atoms with van der Waals surface area (Å²) in [4.78, 5) is 14.7. The monoisotopic (exact) mass is 404 g/mol. The Morgan fingerprint density at radius 3 is 2.10 bits per heavy atom. The quantitative estimate of drug-likeness (QED) is 0.557. The van der Waals surface area contributed by atoms with E-state index in [0.717, 1.165) is 22.6 Å². The van der Waals surface area contributed by atoms with Crippen molar-refractivity contribution in [1.29, 1.82) is 0 Å². The summed E-state index contributed by atoms with van der Waals surface area (Å²) in [5.41, 5.74) is 2.04. The molecule has 0 bridgehead atoms. The van der Waals surface area contributed by atoms with Crippen LogP contribution in [0.5, 0.6) is 11.5 Å². The lowest BCUT2D eigenvalue weighted by molar-refractivity contribution is -0.122. The zero-order valence-electron chi connectivity index (χ0n) is 17.5. The van der Waals surface area contributed by atoms with Gasteiger partial charge < -0.3 is 14.8 Å². The summed E-state index contributed by atoms with van der Waals surface area (Å²) >= 11 is 0. The van der Waals surface area contributed by atoms with Crippen molar-refractivity contribution in [1.82, 2.24) is 10.2 Å². The van der Waals surface area contributed by atoms with Gasteiger partial charge in [0.05, 0.1) is 19.7 Å². The Morgan fingerprint density at radius 2 is 1.47 bits per heavy atom. The van der Waals surface area contributed by atoms with Crippen LogP contribution in [-0.2, 0) is 4.79 Å². The summed E-state index contributed by atoms with van der Waals surface area (Å²) in [6, 6.07) is 27.2. The molecular formula is C25H28N2O3. The summed E-state index contributed by atoms with van der Waals surface area (Å²) < 4.78 is 11.0. The molecule has 3 aromatic rings. The van der Waals surface area contributed by atoms with Crippen LogP contribution in [0.15, 0.2) is 84.9 Å². The highest BCUT2D eigenvalue weighted by Gasteiger charge is 2.18. The molecule has 3 aromatic carbocycles. The van der Waals surface area contributed by atoms with Gasteiger partial charge in [0, 0.05) is 6.54 Å². The largest absolute Gasteiger partial charge is 0.497 e. The second kappa shape index (κ2) is 11.0. The molecule has 0 heterocycles. The van der Waals surface area contributed by atoms with Crippen LogP contribution >= 0.6 is 0 Å². The topological polar surface area (TPSA) is 50.8 Å². The van der Waals surface area contributed by atoms with Gasteiger partial charge in [-0.3, -0.25) is 9.69 Å². The molecule has 0 radical (unpaired) electrons. The Labute approximate surface area is 178 Å². The number of likely N-dealkylation sites (N-methyl/N-ethyl adjacent to an activating group) is 1. The summed E-state index contributed by atoms with van der Waals surface area (Å²) in [5.74, 6) is 1.58. The molecule has 30 heavy (non-hydrogen) atoms. The number of ether oxygens (including phenoxy) is 2. The Hall–Kier alpha value is -3.31. The van der Waals surface area contributed by atoms with Crippen LogP contribution < -0.4 is 14.8 Å². The standard InChI is InChI=1S/C25H28N2O3/c1-27(17-18-30-23-11-7-4-8-12-23)19-24(28)26-25(20-9-5-3-6-10-20)21-13-15-22(29-2)16-14-21/h3-16,25H,17-19H2,1-2H3,(H,26,28)/t25-/m0/s1. The van der Waals surface area contributed by atoms with Gasteiger partial charge in [-0.05, 0) is 42.4 Å². The number of nitrogens with one attached hydrogen (secondary N) is 1. The number of hydrogen-bond donors (Lipinski definition) is 1. The number of carbonyl (C=O) groups excluding carboxylic acids is 1. The molecule has 1 amide bonds. The molecule has 5 nitrogen and oxygen atoms in total. The van der Waals surface area contributed by atoms with E-state index in [1.54, 1.807) is 7.11 Å². The van der Waals surface area contributed by atoms with Gasteiger partial charge in [-0.25, -0.2) is 0 Å². The average Bonchev–Trinajstić information content (AvgIpc) is 2.79. The van der Waals surface area contributed by atoms with Crippen molar-refractivity contribution in [3.8, 4) is 11.5 Å². The summed E-state index contributed by atoms with van der Waals surface area (Å²) in [6.07, 6.45) is 0. The molecule has 156 valence electrons. The van der Waals surface area contributed by atoms with E-state index in [1.165, 1.54) is 0 Å². The molecular weight excluding hydrogens is 376 g/mol. The molecule has 0 saturated heterocycles. The molecule has 0 unspecified atom stereocenters. The van der Waals surface area contributed by atoms with Gasteiger partial charge in [0.25, 0.3) is 0 Å². The predicted molar refractivity (Wildman–Crippen MR) is 119 cm³/mol. The van der Waals surface area contributed by atoms with E-state index in [-0.39, 0.29) is 18.5 Å².